The van der Waals surface area contributed by atoms with Crippen molar-refractivity contribution in [1.29, 1.82) is 0 Å². The molecule has 0 atom stereocenters. The Morgan fingerprint density at radius 1 is 1.50 bits per heavy atom. The van der Waals surface area contributed by atoms with Gasteiger partial charge in [0, 0.05) is 44.2 Å². The first-order chi connectivity index (χ1) is 9.61. The second-order valence-electron chi connectivity index (χ2n) is 4.42. The molecule has 1 aromatic carbocycles. The first kappa shape index (κ1) is 13.9. The van der Waals surface area contributed by atoms with E-state index in [9.17, 15) is 4.79 Å². The molecule has 0 bridgehead atoms. The third-order valence-corrected chi connectivity index (χ3v) is 3.03. The Labute approximate surface area is 117 Å². The van der Waals surface area contributed by atoms with Crippen molar-refractivity contribution in [3.8, 4) is 5.75 Å². The molecule has 0 spiro atoms. The molecule has 20 heavy (non-hydrogen) atoms. The molecule has 0 saturated carbocycles. The molecular formula is C14H18N4O2. The van der Waals surface area contributed by atoms with Crippen molar-refractivity contribution in [2.75, 3.05) is 19.4 Å². The fourth-order valence-electron chi connectivity index (χ4n) is 1.92. The number of carbonyl (C=O) groups excluding carboxylic acids is 1. The van der Waals surface area contributed by atoms with Crippen molar-refractivity contribution in [3.05, 3.63) is 42.0 Å². The van der Waals surface area contributed by atoms with Gasteiger partial charge in [0.05, 0.1) is 12.7 Å². The van der Waals surface area contributed by atoms with Crippen LogP contribution in [0.2, 0.25) is 0 Å². The summed E-state index contributed by atoms with van der Waals surface area (Å²) in [7, 11) is 3.44. The molecule has 2 aromatic rings. The van der Waals surface area contributed by atoms with Crippen LogP contribution < -0.4 is 15.8 Å². The molecule has 3 N–H and O–H groups in total. The van der Waals surface area contributed by atoms with Crippen molar-refractivity contribution in [2.24, 2.45) is 7.05 Å². The van der Waals surface area contributed by atoms with E-state index in [1.54, 1.807) is 24.4 Å². The van der Waals surface area contributed by atoms with Gasteiger partial charge in [-0.15, -0.1) is 0 Å². The number of benzene rings is 1. The van der Waals surface area contributed by atoms with Gasteiger partial charge in [0.15, 0.2) is 0 Å². The highest BCUT2D eigenvalue weighted by Gasteiger charge is 2.12. The van der Waals surface area contributed by atoms with E-state index in [-0.39, 0.29) is 5.91 Å². The average Bonchev–Trinajstić information content (AvgIpc) is 2.84. The van der Waals surface area contributed by atoms with Gasteiger partial charge in [-0.1, -0.05) is 0 Å². The average molecular weight is 274 g/mol. The van der Waals surface area contributed by atoms with Crippen LogP contribution in [-0.4, -0.2) is 29.1 Å². The van der Waals surface area contributed by atoms with Gasteiger partial charge in [0.1, 0.15) is 11.6 Å². The van der Waals surface area contributed by atoms with Crippen molar-refractivity contribution in [3.63, 3.8) is 0 Å². The molecule has 1 aromatic heterocycles. The summed E-state index contributed by atoms with van der Waals surface area (Å²) in [4.78, 5) is 16.3. The second-order valence-corrected chi connectivity index (χ2v) is 4.42. The number of rotatable bonds is 5. The zero-order valence-corrected chi connectivity index (χ0v) is 11.6. The van der Waals surface area contributed by atoms with Crippen LogP contribution in [0, 0.1) is 0 Å². The molecule has 0 aliphatic rings. The number of methoxy groups -OCH3 is 1. The number of hydrogen-bond donors (Lipinski definition) is 2. The predicted molar refractivity (Wildman–Crippen MR) is 76.7 cm³/mol. The molecular weight excluding hydrogens is 256 g/mol. The summed E-state index contributed by atoms with van der Waals surface area (Å²) in [6, 6.07) is 4.97. The molecule has 1 heterocycles. The quantitative estimate of drug-likeness (QED) is 0.796. The molecule has 0 unspecified atom stereocenters. The molecule has 106 valence electrons. The number of nitrogens with two attached hydrogens (primary N) is 1. The summed E-state index contributed by atoms with van der Waals surface area (Å²) in [5, 5.41) is 2.85. The number of nitrogens with one attached hydrogen (secondary N) is 1. The van der Waals surface area contributed by atoms with E-state index in [2.05, 4.69) is 10.3 Å². The van der Waals surface area contributed by atoms with Gasteiger partial charge in [-0.05, 0) is 12.1 Å². The summed E-state index contributed by atoms with van der Waals surface area (Å²) in [6.07, 6.45) is 4.28. The second kappa shape index (κ2) is 6.10. The van der Waals surface area contributed by atoms with Gasteiger partial charge < -0.3 is 20.4 Å². The number of aryl methyl sites for hydroxylation is 1. The largest absolute Gasteiger partial charge is 0.496 e. The lowest BCUT2D eigenvalue weighted by Gasteiger charge is -2.10. The maximum atomic E-state index is 12.1. The highest BCUT2D eigenvalue weighted by atomic mass is 16.5. The van der Waals surface area contributed by atoms with Gasteiger partial charge in [0.25, 0.3) is 5.91 Å². The van der Waals surface area contributed by atoms with Gasteiger partial charge in [-0.25, -0.2) is 4.98 Å². The van der Waals surface area contributed by atoms with E-state index >= 15 is 0 Å². The lowest BCUT2D eigenvalue weighted by Crippen LogP contribution is -2.26. The molecule has 0 fully saturated rings. The molecule has 6 heteroatoms. The first-order valence-corrected chi connectivity index (χ1v) is 6.29. The number of amides is 1. The van der Waals surface area contributed by atoms with E-state index < -0.39 is 0 Å². The highest BCUT2D eigenvalue weighted by molar-refractivity contribution is 5.97. The van der Waals surface area contributed by atoms with E-state index in [1.165, 1.54) is 7.11 Å². The molecule has 0 aliphatic heterocycles. The SMILES string of the molecule is COc1cc(N)ccc1C(=O)NCCc1nccn1C. The van der Waals surface area contributed by atoms with Gasteiger partial charge in [-0.2, -0.15) is 0 Å². The zero-order chi connectivity index (χ0) is 14.5. The summed E-state index contributed by atoms with van der Waals surface area (Å²) < 4.78 is 7.09. The van der Waals surface area contributed by atoms with Crippen molar-refractivity contribution < 1.29 is 9.53 Å². The van der Waals surface area contributed by atoms with Crippen LogP contribution in [0.3, 0.4) is 0 Å². The number of anilines is 1. The van der Waals surface area contributed by atoms with Crippen molar-refractivity contribution in [1.82, 2.24) is 14.9 Å². The molecule has 0 aliphatic carbocycles. The summed E-state index contributed by atoms with van der Waals surface area (Å²) in [5.41, 5.74) is 6.70. The smallest absolute Gasteiger partial charge is 0.255 e. The number of hydrogen-bond acceptors (Lipinski definition) is 4. The fraction of sp³-hybridized carbons (Fsp3) is 0.286. The number of carbonyl (C=O) groups is 1. The number of imidazole rings is 1. The minimum absolute atomic E-state index is 0.184. The van der Waals surface area contributed by atoms with E-state index in [4.69, 9.17) is 10.5 Å². The minimum Gasteiger partial charge on any atom is -0.496 e. The van der Waals surface area contributed by atoms with Crippen molar-refractivity contribution in [2.45, 2.75) is 6.42 Å². The topological polar surface area (TPSA) is 82.2 Å². The Kier molecular flexibility index (Phi) is 4.24. The van der Waals surface area contributed by atoms with Crippen LogP contribution in [-0.2, 0) is 13.5 Å². The van der Waals surface area contributed by atoms with Crippen LogP contribution in [0.4, 0.5) is 5.69 Å². The minimum atomic E-state index is -0.184. The van der Waals surface area contributed by atoms with E-state index in [0.29, 0.717) is 30.0 Å². The molecule has 0 saturated heterocycles. The van der Waals surface area contributed by atoms with E-state index in [0.717, 1.165) is 5.82 Å². The normalized spacial score (nSPS) is 10.3. The summed E-state index contributed by atoms with van der Waals surface area (Å²) in [6.45, 7) is 0.511. The molecule has 2 rings (SSSR count). The lowest BCUT2D eigenvalue weighted by molar-refractivity contribution is 0.0951. The van der Waals surface area contributed by atoms with Crippen molar-refractivity contribution >= 4 is 11.6 Å². The fourth-order valence-corrected chi connectivity index (χ4v) is 1.92. The Morgan fingerprint density at radius 2 is 2.30 bits per heavy atom. The Morgan fingerprint density at radius 3 is 2.95 bits per heavy atom. The van der Waals surface area contributed by atoms with E-state index in [1.807, 2.05) is 17.8 Å². The monoisotopic (exact) mass is 274 g/mol. The van der Waals surface area contributed by atoms with Crippen LogP contribution in [0.5, 0.6) is 5.75 Å². The summed E-state index contributed by atoms with van der Waals surface area (Å²) in [5.74, 6) is 1.21. The Balaban J connectivity index is 1.97. The van der Waals surface area contributed by atoms with Gasteiger partial charge >= 0.3 is 0 Å². The van der Waals surface area contributed by atoms with Gasteiger partial charge in [0.2, 0.25) is 0 Å². The number of nitrogens with zero attached hydrogens (tertiary/aromatic N) is 2. The molecule has 1 amide bonds. The third-order valence-electron chi connectivity index (χ3n) is 3.03. The zero-order valence-electron chi connectivity index (χ0n) is 11.6. The number of aromatic nitrogens is 2. The van der Waals surface area contributed by atoms with Crippen LogP contribution >= 0.6 is 0 Å². The van der Waals surface area contributed by atoms with Crippen LogP contribution in [0.15, 0.2) is 30.6 Å². The third kappa shape index (κ3) is 3.09. The van der Waals surface area contributed by atoms with Gasteiger partial charge in [-0.3, -0.25) is 4.79 Å². The maximum Gasteiger partial charge on any atom is 0.255 e. The number of nitrogen functional groups attached to an aromatic ring is 1. The first-order valence-electron chi connectivity index (χ1n) is 6.29. The highest BCUT2D eigenvalue weighted by Crippen LogP contribution is 2.21. The molecule has 0 radical (unpaired) electrons. The van der Waals surface area contributed by atoms with Crippen LogP contribution in [0.1, 0.15) is 16.2 Å². The standard InChI is InChI=1S/C14H18N4O2/c1-18-8-7-16-13(18)5-6-17-14(19)11-4-3-10(15)9-12(11)20-2/h3-4,7-9H,5-6,15H2,1-2H3,(H,17,19). The molecule has 6 nitrogen and oxygen atoms in total. The van der Waals surface area contributed by atoms with Crippen LogP contribution in [0.25, 0.3) is 0 Å². The lowest BCUT2D eigenvalue weighted by atomic mass is 10.1. The summed E-state index contributed by atoms with van der Waals surface area (Å²) >= 11 is 0. The Hall–Kier alpha value is -2.50. The maximum absolute atomic E-state index is 12.1. The predicted octanol–water partition coefficient (Wildman–Crippen LogP) is 0.983. The Bertz CT molecular complexity index is 607. The number of ether oxygens (including phenoxy) is 1.